The van der Waals surface area contributed by atoms with Crippen LogP contribution in [0.4, 0.5) is 11.4 Å². The molecule has 1 rings (SSSR count). The molecule has 1 aromatic carbocycles. The minimum Gasteiger partial charge on any atom is -0.465 e. The van der Waals surface area contributed by atoms with Crippen LogP contribution in [0.15, 0.2) is 18.2 Å². The Hall–Kier alpha value is -2.04. The zero-order valence-electron chi connectivity index (χ0n) is 8.53. The van der Waals surface area contributed by atoms with Crippen molar-refractivity contribution in [2.24, 2.45) is 0 Å². The Morgan fingerprint density at radius 1 is 1.40 bits per heavy atom. The van der Waals surface area contributed by atoms with E-state index in [4.69, 9.17) is 5.73 Å². The van der Waals surface area contributed by atoms with Crippen molar-refractivity contribution in [1.29, 1.82) is 0 Å². The first-order chi connectivity index (χ1) is 7.04. The van der Waals surface area contributed by atoms with Gasteiger partial charge in [-0.15, -0.1) is 0 Å². The summed E-state index contributed by atoms with van der Waals surface area (Å²) >= 11 is 0. The second kappa shape index (κ2) is 4.45. The summed E-state index contributed by atoms with van der Waals surface area (Å²) in [6.07, 6.45) is 0. The molecule has 0 aromatic heterocycles. The highest BCUT2D eigenvalue weighted by atomic mass is 16.5. The molecule has 0 heterocycles. The molecule has 0 aliphatic carbocycles. The molecule has 1 amide bonds. The van der Waals surface area contributed by atoms with Gasteiger partial charge in [-0.2, -0.15) is 0 Å². The van der Waals surface area contributed by atoms with Crippen LogP contribution in [0, 0.1) is 0 Å². The third-order valence-corrected chi connectivity index (χ3v) is 1.79. The van der Waals surface area contributed by atoms with Gasteiger partial charge in [-0.1, -0.05) is 0 Å². The summed E-state index contributed by atoms with van der Waals surface area (Å²) in [6.45, 7) is 1.37. The topological polar surface area (TPSA) is 81.4 Å². The van der Waals surface area contributed by atoms with Crippen LogP contribution in [0.2, 0.25) is 0 Å². The summed E-state index contributed by atoms with van der Waals surface area (Å²) in [5.74, 6) is -0.717. The average Bonchev–Trinajstić information content (AvgIpc) is 2.19. The van der Waals surface area contributed by atoms with Gasteiger partial charge >= 0.3 is 5.97 Å². The van der Waals surface area contributed by atoms with E-state index in [-0.39, 0.29) is 5.91 Å². The monoisotopic (exact) mass is 208 g/mol. The van der Waals surface area contributed by atoms with Gasteiger partial charge < -0.3 is 15.8 Å². The Bertz CT molecular complexity index is 402. The normalized spacial score (nSPS) is 9.47. The van der Waals surface area contributed by atoms with Gasteiger partial charge in [0.2, 0.25) is 5.91 Å². The highest BCUT2D eigenvalue weighted by Crippen LogP contribution is 2.20. The Morgan fingerprint density at radius 3 is 2.60 bits per heavy atom. The number of methoxy groups -OCH3 is 1. The van der Waals surface area contributed by atoms with Crippen LogP contribution in [-0.2, 0) is 9.53 Å². The number of hydrogen-bond donors (Lipinski definition) is 2. The van der Waals surface area contributed by atoms with Gasteiger partial charge in [-0.3, -0.25) is 4.79 Å². The van der Waals surface area contributed by atoms with Crippen molar-refractivity contribution in [2.45, 2.75) is 6.92 Å². The summed E-state index contributed by atoms with van der Waals surface area (Å²) in [5.41, 5.74) is 6.76. The molecular weight excluding hydrogens is 196 g/mol. The van der Waals surface area contributed by atoms with Gasteiger partial charge in [0.25, 0.3) is 0 Å². The van der Waals surface area contributed by atoms with E-state index in [9.17, 15) is 9.59 Å². The standard InChI is InChI=1S/C10H12N2O3/c1-6(13)12-9-5-7(10(14)15-2)3-4-8(9)11/h3-5H,11H2,1-2H3,(H,12,13). The summed E-state index contributed by atoms with van der Waals surface area (Å²) in [7, 11) is 1.29. The number of hydrogen-bond acceptors (Lipinski definition) is 4. The van der Waals surface area contributed by atoms with Gasteiger partial charge in [0.05, 0.1) is 24.0 Å². The van der Waals surface area contributed by atoms with Crippen molar-refractivity contribution in [3.05, 3.63) is 23.8 Å². The molecule has 0 bridgehead atoms. The maximum atomic E-state index is 11.2. The lowest BCUT2D eigenvalue weighted by atomic mass is 10.1. The number of nitrogen functional groups attached to an aromatic ring is 1. The molecule has 0 unspecified atom stereocenters. The number of esters is 1. The molecule has 5 nitrogen and oxygen atoms in total. The first-order valence-corrected chi connectivity index (χ1v) is 4.30. The fourth-order valence-corrected chi connectivity index (χ4v) is 1.10. The van der Waals surface area contributed by atoms with Crippen LogP contribution in [0.3, 0.4) is 0 Å². The molecule has 0 saturated carbocycles. The van der Waals surface area contributed by atoms with Crippen LogP contribution >= 0.6 is 0 Å². The highest BCUT2D eigenvalue weighted by Gasteiger charge is 2.08. The molecule has 5 heteroatoms. The number of nitrogens with one attached hydrogen (secondary N) is 1. The number of anilines is 2. The minimum absolute atomic E-state index is 0.247. The lowest BCUT2D eigenvalue weighted by Gasteiger charge is -2.07. The van der Waals surface area contributed by atoms with Crippen molar-refractivity contribution in [3.8, 4) is 0 Å². The molecule has 3 N–H and O–H groups in total. The van der Waals surface area contributed by atoms with Gasteiger partial charge in [-0.05, 0) is 18.2 Å². The van der Waals surface area contributed by atoms with E-state index in [1.165, 1.54) is 32.2 Å². The second-order valence-corrected chi connectivity index (χ2v) is 2.97. The predicted molar refractivity (Wildman–Crippen MR) is 56.5 cm³/mol. The molecule has 15 heavy (non-hydrogen) atoms. The van der Waals surface area contributed by atoms with Crippen molar-refractivity contribution < 1.29 is 14.3 Å². The van der Waals surface area contributed by atoms with Crippen LogP contribution in [0.25, 0.3) is 0 Å². The number of carbonyl (C=O) groups is 2. The average molecular weight is 208 g/mol. The molecule has 0 saturated heterocycles. The lowest BCUT2D eigenvalue weighted by Crippen LogP contribution is -2.10. The van der Waals surface area contributed by atoms with Gasteiger partial charge in [0.1, 0.15) is 0 Å². The van der Waals surface area contributed by atoms with Crippen molar-refractivity contribution in [3.63, 3.8) is 0 Å². The lowest BCUT2D eigenvalue weighted by molar-refractivity contribution is -0.114. The number of benzene rings is 1. The summed E-state index contributed by atoms with van der Waals surface area (Å²) in [6, 6.07) is 4.55. The third kappa shape index (κ3) is 2.70. The van der Waals surface area contributed by atoms with E-state index >= 15 is 0 Å². The fourth-order valence-electron chi connectivity index (χ4n) is 1.10. The molecule has 0 aliphatic heterocycles. The molecule has 0 spiro atoms. The fraction of sp³-hybridized carbons (Fsp3) is 0.200. The highest BCUT2D eigenvalue weighted by molar-refractivity contribution is 5.96. The zero-order chi connectivity index (χ0) is 11.4. The van der Waals surface area contributed by atoms with E-state index in [2.05, 4.69) is 10.1 Å². The molecule has 1 aromatic rings. The maximum absolute atomic E-state index is 11.2. The maximum Gasteiger partial charge on any atom is 0.337 e. The van der Waals surface area contributed by atoms with Crippen LogP contribution in [0.1, 0.15) is 17.3 Å². The molecular formula is C10H12N2O3. The Labute approximate surface area is 87.2 Å². The van der Waals surface area contributed by atoms with E-state index in [0.717, 1.165) is 0 Å². The Morgan fingerprint density at radius 2 is 2.07 bits per heavy atom. The number of nitrogens with two attached hydrogens (primary N) is 1. The SMILES string of the molecule is COC(=O)c1ccc(N)c(NC(C)=O)c1. The molecule has 0 atom stereocenters. The molecule has 0 radical (unpaired) electrons. The van der Waals surface area contributed by atoms with E-state index in [1.54, 1.807) is 0 Å². The third-order valence-electron chi connectivity index (χ3n) is 1.79. The molecule has 80 valence electrons. The Balaban J connectivity index is 3.05. The first-order valence-electron chi connectivity index (χ1n) is 4.30. The minimum atomic E-state index is -0.471. The van der Waals surface area contributed by atoms with Crippen molar-refractivity contribution in [1.82, 2.24) is 0 Å². The second-order valence-electron chi connectivity index (χ2n) is 2.97. The smallest absolute Gasteiger partial charge is 0.337 e. The number of rotatable bonds is 2. The molecule has 0 aliphatic rings. The number of carbonyl (C=O) groups excluding carboxylic acids is 2. The van der Waals surface area contributed by atoms with Gasteiger partial charge in [0.15, 0.2) is 0 Å². The molecule has 0 fully saturated rings. The largest absolute Gasteiger partial charge is 0.465 e. The van der Waals surface area contributed by atoms with Crippen molar-refractivity contribution in [2.75, 3.05) is 18.2 Å². The summed E-state index contributed by atoms with van der Waals surface area (Å²) in [4.78, 5) is 22.0. The van der Waals surface area contributed by atoms with E-state index in [0.29, 0.717) is 16.9 Å². The van der Waals surface area contributed by atoms with Crippen LogP contribution < -0.4 is 11.1 Å². The summed E-state index contributed by atoms with van der Waals surface area (Å²) < 4.78 is 4.54. The zero-order valence-corrected chi connectivity index (χ0v) is 8.53. The van der Waals surface area contributed by atoms with Gasteiger partial charge in [0, 0.05) is 6.92 Å². The van der Waals surface area contributed by atoms with Gasteiger partial charge in [-0.25, -0.2) is 4.79 Å². The Kier molecular flexibility index (Phi) is 3.28. The number of amides is 1. The van der Waals surface area contributed by atoms with Crippen LogP contribution in [0.5, 0.6) is 0 Å². The predicted octanol–water partition coefficient (Wildman–Crippen LogP) is 1.01. The van der Waals surface area contributed by atoms with Crippen LogP contribution in [-0.4, -0.2) is 19.0 Å². The van der Waals surface area contributed by atoms with E-state index < -0.39 is 5.97 Å². The summed E-state index contributed by atoms with van der Waals surface area (Å²) in [5, 5.41) is 2.52. The first kappa shape index (κ1) is 11.0. The van der Waals surface area contributed by atoms with Crippen molar-refractivity contribution >= 4 is 23.3 Å². The van der Waals surface area contributed by atoms with E-state index in [1.807, 2.05) is 0 Å². The number of ether oxygens (including phenoxy) is 1. The quantitative estimate of drug-likeness (QED) is 0.561.